The molecule has 3 heteroatoms. The van der Waals surface area contributed by atoms with E-state index in [0.29, 0.717) is 0 Å². The van der Waals surface area contributed by atoms with Gasteiger partial charge in [-0.25, -0.2) is 0 Å². The van der Waals surface area contributed by atoms with Gasteiger partial charge in [0, 0.05) is 9.60 Å². The molecule has 13 heavy (non-hydrogen) atoms. The molecule has 0 N–H and O–H groups in total. The van der Waals surface area contributed by atoms with Gasteiger partial charge in [0.05, 0.1) is 2.88 Å². The van der Waals surface area contributed by atoms with Crippen LogP contribution in [0.3, 0.4) is 0 Å². The van der Waals surface area contributed by atoms with Gasteiger partial charge in [-0.1, -0.05) is 6.07 Å². The first-order chi connectivity index (χ1) is 6.22. The first-order valence-electron chi connectivity index (χ1n) is 3.95. The molecule has 0 spiro atoms. The van der Waals surface area contributed by atoms with Crippen molar-refractivity contribution in [1.29, 1.82) is 0 Å². The van der Waals surface area contributed by atoms with Crippen molar-refractivity contribution in [1.82, 2.24) is 0 Å². The third kappa shape index (κ3) is 1.74. The van der Waals surface area contributed by atoms with E-state index in [4.69, 9.17) is 0 Å². The van der Waals surface area contributed by atoms with Crippen molar-refractivity contribution in [2.24, 2.45) is 0 Å². The van der Waals surface area contributed by atoms with Crippen LogP contribution >= 0.6 is 45.7 Å². The van der Waals surface area contributed by atoms with E-state index in [1.807, 2.05) is 23.1 Å². The van der Waals surface area contributed by atoms with E-state index in [1.165, 1.54) is 23.4 Å². The molecule has 0 saturated heterocycles. The molecule has 0 bridgehead atoms. The maximum Gasteiger partial charge on any atom is 0.0666 e. The van der Waals surface area contributed by atoms with Crippen molar-refractivity contribution in [3.63, 3.8) is 0 Å². The minimum absolute atomic E-state index is 1.37. The Morgan fingerprint density at radius 1 is 1.38 bits per heavy atom. The highest BCUT2D eigenvalue weighted by Gasteiger charge is 2.05. The molecule has 0 nitrogen and oxygen atoms in total. The number of aryl methyl sites for hydroxylation is 1. The highest BCUT2D eigenvalue weighted by Crippen LogP contribution is 2.34. The Hall–Kier alpha value is 0.260. The summed E-state index contributed by atoms with van der Waals surface area (Å²) in [5.74, 6) is 0. The summed E-state index contributed by atoms with van der Waals surface area (Å²) in [6.45, 7) is 2.21. The second kappa shape index (κ2) is 3.79. The summed E-state index contributed by atoms with van der Waals surface area (Å²) in [4.78, 5) is 1.39. The number of fused-ring (bicyclic) bond motifs is 1. The Morgan fingerprint density at radius 2 is 2.15 bits per heavy atom. The molecule has 1 heterocycles. The molecule has 0 aliphatic carbocycles. The second-order valence-corrected chi connectivity index (χ2v) is 6.66. The average Bonchev–Trinajstić information content (AvgIpc) is 2.47. The monoisotopic (exact) mass is 320 g/mol. The lowest BCUT2D eigenvalue weighted by Crippen LogP contribution is -1.77. The van der Waals surface area contributed by atoms with Crippen LogP contribution in [-0.4, -0.2) is 6.26 Å². The second-order valence-electron chi connectivity index (χ2n) is 2.86. The van der Waals surface area contributed by atoms with Crippen LogP contribution < -0.4 is 0 Å². The first kappa shape index (κ1) is 9.80. The van der Waals surface area contributed by atoms with Gasteiger partial charge in [0.15, 0.2) is 0 Å². The Morgan fingerprint density at radius 3 is 2.85 bits per heavy atom. The molecule has 0 fully saturated rings. The predicted octanol–water partition coefficient (Wildman–Crippen LogP) is 4.54. The number of halogens is 1. The Kier molecular flexibility index (Phi) is 2.86. The standard InChI is InChI=1S/C10H9IS2/c1-6-8(12-2)4-3-7-5-9(11)13-10(6)7/h3-5H,1-2H3. The smallest absolute Gasteiger partial charge is 0.0666 e. The number of benzene rings is 1. The normalized spacial score (nSPS) is 11.0. The van der Waals surface area contributed by atoms with Crippen molar-refractivity contribution in [3.8, 4) is 0 Å². The summed E-state index contributed by atoms with van der Waals surface area (Å²) in [5.41, 5.74) is 1.43. The van der Waals surface area contributed by atoms with E-state index in [-0.39, 0.29) is 0 Å². The van der Waals surface area contributed by atoms with Gasteiger partial charge in [0.2, 0.25) is 0 Å². The first-order valence-corrected chi connectivity index (χ1v) is 7.07. The summed E-state index contributed by atoms with van der Waals surface area (Å²) < 4.78 is 2.81. The molecule has 0 unspecified atom stereocenters. The third-order valence-electron chi connectivity index (χ3n) is 2.08. The number of rotatable bonds is 1. The number of thiophene rings is 1. The molecule has 0 radical (unpaired) electrons. The minimum Gasteiger partial charge on any atom is -0.129 e. The van der Waals surface area contributed by atoms with E-state index in [9.17, 15) is 0 Å². The molecule has 2 rings (SSSR count). The molecule has 0 atom stereocenters. The molecule has 1 aromatic carbocycles. The average molecular weight is 320 g/mol. The molecular weight excluding hydrogens is 311 g/mol. The van der Waals surface area contributed by atoms with Gasteiger partial charge in [0.1, 0.15) is 0 Å². The lowest BCUT2D eigenvalue weighted by molar-refractivity contribution is 1.36. The zero-order valence-corrected chi connectivity index (χ0v) is 11.2. The third-order valence-corrected chi connectivity index (χ3v) is 4.99. The van der Waals surface area contributed by atoms with E-state index < -0.39 is 0 Å². The van der Waals surface area contributed by atoms with E-state index >= 15 is 0 Å². The lowest BCUT2D eigenvalue weighted by atomic mass is 10.2. The van der Waals surface area contributed by atoms with E-state index in [2.05, 4.69) is 54.0 Å². The van der Waals surface area contributed by atoms with Gasteiger partial charge >= 0.3 is 0 Å². The molecule has 2 aromatic rings. The van der Waals surface area contributed by atoms with Crippen LogP contribution in [0.2, 0.25) is 0 Å². The van der Waals surface area contributed by atoms with Gasteiger partial charge in [-0.2, -0.15) is 0 Å². The van der Waals surface area contributed by atoms with E-state index in [1.54, 1.807) is 0 Å². The molecule has 68 valence electrons. The molecule has 0 saturated carbocycles. The van der Waals surface area contributed by atoms with Crippen molar-refractivity contribution >= 4 is 55.8 Å². The van der Waals surface area contributed by atoms with Crippen LogP contribution in [0.25, 0.3) is 10.1 Å². The maximum atomic E-state index is 2.39. The Balaban J connectivity index is 2.78. The zero-order chi connectivity index (χ0) is 9.42. The molecule has 0 aliphatic rings. The molecular formula is C10H9IS2. The van der Waals surface area contributed by atoms with Crippen LogP contribution in [0.1, 0.15) is 5.56 Å². The van der Waals surface area contributed by atoms with Crippen molar-refractivity contribution < 1.29 is 0 Å². The van der Waals surface area contributed by atoms with Crippen molar-refractivity contribution in [2.45, 2.75) is 11.8 Å². The van der Waals surface area contributed by atoms with Crippen LogP contribution in [0.4, 0.5) is 0 Å². The maximum absolute atomic E-state index is 2.39. The highest BCUT2D eigenvalue weighted by molar-refractivity contribution is 14.1. The quantitative estimate of drug-likeness (QED) is 0.549. The van der Waals surface area contributed by atoms with E-state index in [0.717, 1.165) is 0 Å². The highest BCUT2D eigenvalue weighted by atomic mass is 127. The van der Waals surface area contributed by atoms with Gasteiger partial charge < -0.3 is 0 Å². The Labute approximate surface area is 99.9 Å². The van der Waals surface area contributed by atoms with Crippen LogP contribution in [-0.2, 0) is 0 Å². The van der Waals surface area contributed by atoms with Gasteiger partial charge in [-0.15, -0.1) is 23.1 Å². The van der Waals surface area contributed by atoms with Crippen molar-refractivity contribution in [3.05, 3.63) is 26.6 Å². The summed E-state index contributed by atoms with van der Waals surface area (Å²) in [7, 11) is 0. The fraction of sp³-hybridized carbons (Fsp3) is 0.200. The van der Waals surface area contributed by atoms with Crippen molar-refractivity contribution in [2.75, 3.05) is 6.26 Å². The number of hydrogen-bond donors (Lipinski definition) is 0. The lowest BCUT2D eigenvalue weighted by Gasteiger charge is -2.02. The van der Waals surface area contributed by atoms with Crippen LogP contribution in [0.15, 0.2) is 23.1 Å². The molecule has 0 aliphatic heterocycles. The van der Waals surface area contributed by atoms with Gasteiger partial charge in [0.25, 0.3) is 0 Å². The summed E-state index contributed by atoms with van der Waals surface area (Å²) >= 11 is 6.09. The topological polar surface area (TPSA) is 0 Å². The van der Waals surface area contributed by atoms with Gasteiger partial charge in [-0.3, -0.25) is 0 Å². The summed E-state index contributed by atoms with van der Waals surface area (Å²) in [6.07, 6.45) is 2.13. The van der Waals surface area contributed by atoms with Gasteiger partial charge in [-0.05, 0) is 58.9 Å². The SMILES string of the molecule is CSc1ccc2cc(I)sc2c1C. The number of hydrogen-bond acceptors (Lipinski definition) is 2. The van der Waals surface area contributed by atoms with Crippen LogP contribution in [0.5, 0.6) is 0 Å². The largest absolute Gasteiger partial charge is 0.129 e. The fourth-order valence-electron chi connectivity index (χ4n) is 1.41. The van der Waals surface area contributed by atoms with Crippen LogP contribution in [0, 0.1) is 9.81 Å². The predicted molar refractivity (Wildman–Crippen MR) is 71.1 cm³/mol. The summed E-state index contributed by atoms with van der Waals surface area (Å²) in [6, 6.07) is 6.68. The summed E-state index contributed by atoms with van der Waals surface area (Å²) in [5, 5.41) is 1.38. The minimum atomic E-state index is 1.37. The number of thioether (sulfide) groups is 1. The Bertz CT molecular complexity index is 445. The fourth-order valence-corrected chi connectivity index (χ4v) is 3.98. The molecule has 0 amide bonds. The zero-order valence-electron chi connectivity index (χ0n) is 7.43. The molecule has 1 aromatic heterocycles.